The molecular formula is C17H28F3NO3. The fourth-order valence-corrected chi connectivity index (χ4v) is 2.73. The summed E-state index contributed by atoms with van der Waals surface area (Å²) in [4.78, 5) is 0. The average Bonchev–Trinajstić information content (AvgIpc) is 2.49. The van der Waals surface area contributed by atoms with Crippen LogP contribution in [0.3, 0.4) is 0 Å². The van der Waals surface area contributed by atoms with E-state index in [1.54, 1.807) is 32.1 Å². The molecule has 1 aliphatic heterocycles. The quantitative estimate of drug-likeness (QED) is 0.636. The van der Waals surface area contributed by atoms with Gasteiger partial charge < -0.3 is 14.9 Å². The molecule has 0 aromatic carbocycles. The van der Waals surface area contributed by atoms with Crippen LogP contribution >= 0.6 is 0 Å². The summed E-state index contributed by atoms with van der Waals surface area (Å²) in [5, 5.41) is 22.5. The highest BCUT2D eigenvalue weighted by molar-refractivity contribution is 5.08. The van der Waals surface area contributed by atoms with Crippen LogP contribution in [0.4, 0.5) is 13.2 Å². The number of hydrogen-bond donors (Lipinski definition) is 3. The van der Waals surface area contributed by atoms with E-state index in [4.69, 9.17) is 4.74 Å². The Hall–Kier alpha value is -0.890. The Kier molecular flexibility index (Phi) is 7.92. The van der Waals surface area contributed by atoms with Crippen LogP contribution in [0.2, 0.25) is 0 Å². The Morgan fingerprint density at radius 2 is 2.00 bits per heavy atom. The lowest BCUT2D eigenvalue weighted by Crippen LogP contribution is -2.57. The molecule has 0 aromatic rings. The lowest BCUT2D eigenvalue weighted by molar-refractivity contribution is -0.275. The van der Waals surface area contributed by atoms with Gasteiger partial charge in [-0.2, -0.15) is 13.2 Å². The number of aliphatic hydroxyl groups is 2. The smallest absolute Gasteiger partial charge is 0.389 e. The van der Waals surface area contributed by atoms with E-state index >= 15 is 0 Å². The number of rotatable bonds is 1. The fraction of sp³-hybridized carbons (Fsp3) is 0.765. The minimum absolute atomic E-state index is 0.111. The zero-order chi connectivity index (χ0) is 18.4. The van der Waals surface area contributed by atoms with E-state index in [0.717, 1.165) is 0 Å². The summed E-state index contributed by atoms with van der Waals surface area (Å²) in [5.74, 6) is -0.302. The number of halogens is 3. The Morgan fingerprint density at radius 3 is 2.58 bits per heavy atom. The predicted octanol–water partition coefficient (Wildman–Crippen LogP) is 2.92. The highest BCUT2D eigenvalue weighted by Gasteiger charge is 2.52. The van der Waals surface area contributed by atoms with Crippen LogP contribution < -0.4 is 5.32 Å². The van der Waals surface area contributed by atoms with Gasteiger partial charge in [-0.25, -0.2) is 0 Å². The van der Waals surface area contributed by atoms with Gasteiger partial charge in [0, 0.05) is 19.6 Å². The van der Waals surface area contributed by atoms with Gasteiger partial charge in [0.2, 0.25) is 5.72 Å². The standard InChI is InChI=1S/C17H28F3NO3/c1-12-10-13(2)15(22)14(24-3)8-6-4-5-7-9-16(23,21-11-12)17(18,19)20/h6,8,10,13-15,21-23H,4-5,7,9,11H2,1-3H3/t13-,14+,15+,16?/m1/s1. The second kappa shape index (κ2) is 8.99. The maximum absolute atomic E-state index is 13.2. The molecule has 4 nitrogen and oxygen atoms in total. The largest absolute Gasteiger partial charge is 0.430 e. The predicted molar refractivity (Wildman–Crippen MR) is 86.3 cm³/mol. The highest BCUT2D eigenvalue weighted by Crippen LogP contribution is 2.32. The number of allylic oxidation sites excluding steroid dienone is 1. The van der Waals surface area contributed by atoms with Crippen molar-refractivity contribution in [2.24, 2.45) is 5.92 Å². The van der Waals surface area contributed by atoms with Crippen LogP contribution in [0.1, 0.15) is 39.5 Å². The first kappa shape index (κ1) is 21.2. The lowest BCUT2D eigenvalue weighted by atomic mass is 9.95. The first-order valence-electron chi connectivity index (χ1n) is 8.19. The lowest BCUT2D eigenvalue weighted by Gasteiger charge is -2.32. The van der Waals surface area contributed by atoms with Gasteiger partial charge >= 0.3 is 6.18 Å². The Bertz CT molecular complexity index is 451. The van der Waals surface area contributed by atoms with Gasteiger partial charge in [0.05, 0.1) is 6.10 Å². The van der Waals surface area contributed by atoms with Gasteiger partial charge in [-0.05, 0) is 32.6 Å². The van der Waals surface area contributed by atoms with Crippen molar-refractivity contribution in [3.8, 4) is 0 Å². The maximum atomic E-state index is 13.2. The molecule has 1 heterocycles. The molecule has 140 valence electrons. The van der Waals surface area contributed by atoms with E-state index in [-0.39, 0.29) is 18.9 Å². The van der Waals surface area contributed by atoms with Crippen molar-refractivity contribution in [1.29, 1.82) is 0 Å². The maximum Gasteiger partial charge on any atom is 0.430 e. The Labute approximate surface area is 141 Å². The van der Waals surface area contributed by atoms with Gasteiger partial charge in [0.1, 0.15) is 6.10 Å². The molecule has 1 unspecified atom stereocenters. The summed E-state index contributed by atoms with van der Waals surface area (Å²) in [6, 6.07) is 0. The van der Waals surface area contributed by atoms with Gasteiger partial charge in [-0.15, -0.1) is 0 Å². The van der Waals surface area contributed by atoms with Crippen LogP contribution in [0, 0.1) is 5.92 Å². The summed E-state index contributed by atoms with van der Waals surface area (Å²) in [7, 11) is 1.51. The van der Waals surface area contributed by atoms with Crippen LogP contribution in [-0.4, -0.2) is 48.0 Å². The number of alkyl halides is 3. The van der Waals surface area contributed by atoms with Crippen LogP contribution in [-0.2, 0) is 4.74 Å². The highest BCUT2D eigenvalue weighted by atomic mass is 19.4. The number of aliphatic hydroxyl groups excluding tert-OH is 1. The molecule has 0 amide bonds. The van der Waals surface area contributed by atoms with E-state index < -0.39 is 30.5 Å². The Morgan fingerprint density at radius 1 is 1.33 bits per heavy atom. The molecule has 0 saturated carbocycles. The van der Waals surface area contributed by atoms with Crippen molar-refractivity contribution in [3.63, 3.8) is 0 Å². The third-order valence-electron chi connectivity index (χ3n) is 4.31. The van der Waals surface area contributed by atoms with Gasteiger partial charge in [-0.3, -0.25) is 5.32 Å². The molecule has 1 aliphatic rings. The summed E-state index contributed by atoms with van der Waals surface area (Å²) in [6.07, 6.45) is 0.120. The molecule has 4 atom stereocenters. The van der Waals surface area contributed by atoms with Crippen molar-refractivity contribution in [2.75, 3.05) is 13.7 Å². The van der Waals surface area contributed by atoms with Gasteiger partial charge in [-0.1, -0.05) is 30.7 Å². The topological polar surface area (TPSA) is 61.7 Å². The SMILES string of the molecule is CO[C@H]1C=CCCCCC(O)(C(F)(F)F)NCC(C)=C[C@@H](C)[C@@H]1O. The van der Waals surface area contributed by atoms with Crippen LogP contribution in [0.25, 0.3) is 0 Å². The first-order valence-corrected chi connectivity index (χ1v) is 8.19. The van der Waals surface area contributed by atoms with Crippen molar-refractivity contribution < 1.29 is 28.1 Å². The molecule has 0 fully saturated rings. The van der Waals surface area contributed by atoms with Gasteiger partial charge in [0.15, 0.2) is 0 Å². The third-order valence-corrected chi connectivity index (χ3v) is 4.31. The number of hydrogen-bond acceptors (Lipinski definition) is 4. The minimum atomic E-state index is -4.74. The minimum Gasteiger partial charge on any atom is -0.389 e. The molecule has 0 saturated heterocycles. The first-order chi connectivity index (χ1) is 11.1. The summed E-state index contributed by atoms with van der Waals surface area (Å²) in [5.41, 5.74) is -2.28. The zero-order valence-corrected chi connectivity index (χ0v) is 14.4. The summed E-state index contributed by atoms with van der Waals surface area (Å²) >= 11 is 0. The van der Waals surface area contributed by atoms with Crippen LogP contribution in [0.5, 0.6) is 0 Å². The van der Waals surface area contributed by atoms with Crippen LogP contribution in [0.15, 0.2) is 23.8 Å². The number of methoxy groups -OCH3 is 1. The van der Waals surface area contributed by atoms with Gasteiger partial charge in [0.25, 0.3) is 0 Å². The van der Waals surface area contributed by atoms with E-state index in [0.29, 0.717) is 18.4 Å². The number of nitrogens with one attached hydrogen (secondary N) is 1. The second-order valence-corrected chi connectivity index (χ2v) is 6.45. The fourth-order valence-electron chi connectivity index (χ4n) is 2.73. The van der Waals surface area contributed by atoms with E-state index in [9.17, 15) is 23.4 Å². The normalized spacial score (nSPS) is 34.5. The van der Waals surface area contributed by atoms with Crippen molar-refractivity contribution in [3.05, 3.63) is 23.8 Å². The summed E-state index contributed by atoms with van der Waals surface area (Å²) in [6.45, 7) is 3.33. The molecule has 0 aliphatic carbocycles. The van der Waals surface area contributed by atoms with Crippen molar-refractivity contribution in [2.45, 2.75) is 63.6 Å². The summed E-state index contributed by atoms with van der Waals surface area (Å²) < 4.78 is 44.8. The molecule has 24 heavy (non-hydrogen) atoms. The van der Waals surface area contributed by atoms with E-state index in [2.05, 4.69) is 5.32 Å². The molecule has 0 spiro atoms. The molecular weight excluding hydrogens is 323 g/mol. The average molecular weight is 351 g/mol. The Balaban J connectivity index is 2.98. The molecule has 0 radical (unpaired) electrons. The molecule has 3 N–H and O–H groups in total. The van der Waals surface area contributed by atoms with Crippen molar-refractivity contribution in [1.82, 2.24) is 5.32 Å². The molecule has 0 aromatic heterocycles. The molecule has 7 heteroatoms. The van der Waals surface area contributed by atoms with E-state index in [1.165, 1.54) is 7.11 Å². The number of ether oxygens (including phenoxy) is 1. The van der Waals surface area contributed by atoms with Crippen molar-refractivity contribution >= 4 is 0 Å². The second-order valence-electron chi connectivity index (χ2n) is 6.45. The third kappa shape index (κ3) is 5.88. The van der Waals surface area contributed by atoms with E-state index in [1.807, 2.05) is 0 Å². The molecule has 0 bridgehead atoms. The molecule has 1 rings (SSSR count). The monoisotopic (exact) mass is 351 g/mol. The zero-order valence-electron chi connectivity index (χ0n) is 14.4.